The number of piperidine rings is 1. The first-order valence-electron chi connectivity index (χ1n) is 12.0. The molecular weight excluding hydrogens is 462 g/mol. The number of imidazole rings is 1. The number of H-pyrrole nitrogens is 1. The Kier molecular flexibility index (Phi) is 5.68. The summed E-state index contributed by atoms with van der Waals surface area (Å²) in [5, 5.41) is 0.727. The number of hydrogen-bond acceptors (Lipinski definition) is 5. The van der Waals surface area contributed by atoms with Crippen LogP contribution in [0.5, 0.6) is 0 Å². The predicted molar refractivity (Wildman–Crippen MR) is 140 cm³/mol. The van der Waals surface area contributed by atoms with Crippen molar-refractivity contribution in [1.29, 1.82) is 0 Å². The summed E-state index contributed by atoms with van der Waals surface area (Å²) in [6, 6.07) is 10.5. The minimum Gasteiger partial charge on any atom is -0.339 e. The largest absolute Gasteiger partial charge is 0.339 e. The Bertz CT molecular complexity index is 1560. The Labute approximate surface area is 205 Å². The molecule has 0 amide bonds. The van der Waals surface area contributed by atoms with Crippen molar-refractivity contribution in [1.82, 2.24) is 24.0 Å². The van der Waals surface area contributed by atoms with Crippen LogP contribution in [0, 0.1) is 0 Å². The molecule has 0 spiro atoms. The fraction of sp³-hybridized carbons (Fsp3) is 0.462. The van der Waals surface area contributed by atoms with Crippen molar-refractivity contribution in [3.8, 4) is 11.3 Å². The third-order valence-corrected chi connectivity index (χ3v) is 8.84. The molecule has 1 saturated heterocycles. The SMILES string of the molecule is Cn1c(=O)n(C(C)(C)C)c2c3cc(-c4ccc(CN5CCC(S(C)(=O)=O)CC5)cc4)[nH]c3ncc21. The van der Waals surface area contributed by atoms with E-state index < -0.39 is 9.84 Å². The smallest absolute Gasteiger partial charge is 0.329 e. The lowest BCUT2D eigenvalue weighted by Crippen LogP contribution is -2.38. The summed E-state index contributed by atoms with van der Waals surface area (Å²) in [5.74, 6) is 0. The molecule has 0 aliphatic carbocycles. The Morgan fingerprint density at radius 2 is 1.77 bits per heavy atom. The van der Waals surface area contributed by atoms with Crippen molar-refractivity contribution in [2.24, 2.45) is 7.05 Å². The van der Waals surface area contributed by atoms with Crippen molar-refractivity contribution in [3.05, 3.63) is 52.6 Å². The van der Waals surface area contributed by atoms with Crippen LogP contribution < -0.4 is 5.69 Å². The van der Waals surface area contributed by atoms with Crippen molar-refractivity contribution < 1.29 is 8.42 Å². The van der Waals surface area contributed by atoms with E-state index in [4.69, 9.17) is 0 Å². The van der Waals surface area contributed by atoms with Crippen molar-refractivity contribution in [2.45, 2.75) is 50.9 Å². The summed E-state index contributed by atoms with van der Waals surface area (Å²) < 4.78 is 27.1. The first-order chi connectivity index (χ1) is 16.4. The van der Waals surface area contributed by atoms with Gasteiger partial charge in [0.2, 0.25) is 0 Å². The molecule has 1 aromatic carbocycles. The average Bonchev–Trinajstić information content (AvgIpc) is 3.33. The first-order valence-corrected chi connectivity index (χ1v) is 14.0. The van der Waals surface area contributed by atoms with Crippen LogP contribution in [-0.4, -0.2) is 57.0 Å². The number of rotatable bonds is 4. The fourth-order valence-electron chi connectivity index (χ4n) is 5.20. The Morgan fingerprint density at radius 1 is 1.11 bits per heavy atom. The number of sulfone groups is 1. The second-order valence-corrected chi connectivity index (χ2v) is 13.1. The lowest BCUT2D eigenvalue weighted by Gasteiger charge is -2.31. The normalized spacial score (nSPS) is 16.5. The molecule has 1 aliphatic rings. The Morgan fingerprint density at radius 3 is 2.37 bits per heavy atom. The highest BCUT2D eigenvalue weighted by Gasteiger charge is 2.27. The van der Waals surface area contributed by atoms with E-state index >= 15 is 0 Å². The molecule has 0 bridgehead atoms. The maximum Gasteiger partial charge on any atom is 0.329 e. The summed E-state index contributed by atoms with van der Waals surface area (Å²) in [6.07, 6.45) is 4.51. The molecule has 1 fully saturated rings. The predicted octanol–water partition coefficient (Wildman–Crippen LogP) is 3.65. The maximum atomic E-state index is 13.0. The van der Waals surface area contributed by atoms with Gasteiger partial charge in [0, 0.05) is 36.5 Å². The van der Waals surface area contributed by atoms with Gasteiger partial charge in [-0.25, -0.2) is 18.2 Å². The molecular formula is C26H33N5O3S. The van der Waals surface area contributed by atoms with Gasteiger partial charge in [-0.15, -0.1) is 0 Å². The Balaban J connectivity index is 1.42. The molecule has 3 aromatic heterocycles. The molecule has 0 saturated carbocycles. The number of aromatic nitrogens is 4. The van der Waals surface area contributed by atoms with Crippen molar-refractivity contribution in [3.63, 3.8) is 0 Å². The molecule has 35 heavy (non-hydrogen) atoms. The summed E-state index contributed by atoms with van der Waals surface area (Å²) in [4.78, 5) is 23.3. The zero-order chi connectivity index (χ0) is 25.1. The second-order valence-electron chi connectivity index (χ2n) is 10.8. The highest BCUT2D eigenvalue weighted by atomic mass is 32.2. The lowest BCUT2D eigenvalue weighted by molar-refractivity contribution is 0.222. The summed E-state index contributed by atoms with van der Waals surface area (Å²) in [7, 11) is -1.16. The highest BCUT2D eigenvalue weighted by Crippen LogP contribution is 2.31. The van der Waals surface area contributed by atoms with Crippen LogP contribution in [0.4, 0.5) is 0 Å². The first kappa shape index (κ1) is 23.8. The van der Waals surface area contributed by atoms with Gasteiger partial charge in [0.15, 0.2) is 0 Å². The lowest BCUT2D eigenvalue weighted by atomic mass is 10.1. The van der Waals surface area contributed by atoms with Crippen LogP contribution in [0.15, 0.2) is 41.3 Å². The van der Waals surface area contributed by atoms with Crippen LogP contribution in [-0.2, 0) is 29.0 Å². The van der Waals surface area contributed by atoms with Crippen LogP contribution >= 0.6 is 0 Å². The van der Waals surface area contributed by atoms with Gasteiger partial charge in [-0.1, -0.05) is 24.3 Å². The maximum absolute atomic E-state index is 13.0. The van der Waals surface area contributed by atoms with Gasteiger partial charge in [-0.3, -0.25) is 14.0 Å². The number of likely N-dealkylation sites (tertiary alicyclic amines) is 1. The third kappa shape index (κ3) is 4.31. The molecule has 5 rings (SSSR count). The number of hydrogen-bond donors (Lipinski definition) is 1. The zero-order valence-corrected chi connectivity index (χ0v) is 21.8. The molecule has 186 valence electrons. The quantitative estimate of drug-likeness (QED) is 0.467. The van der Waals surface area contributed by atoms with Crippen LogP contribution in [0.25, 0.3) is 33.3 Å². The number of nitrogens with zero attached hydrogens (tertiary/aromatic N) is 4. The number of aromatic amines is 1. The van der Waals surface area contributed by atoms with Gasteiger partial charge in [-0.05, 0) is 63.9 Å². The van der Waals surface area contributed by atoms with E-state index in [0.717, 1.165) is 53.0 Å². The number of pyridine rings is 1. The van der Waals surface area contributed by atoms with Crippen LogP contribution in [0.1, 0.15) is 39.2 Å². The van der Waals surface area contributed by atoms with Gasteiger partial charge in [0.25, 0.3) is 0 Å². The number of nitrogens with one attached hydrogen (secondary N) is 1. The van der Waals surface area contributed by atoms with Crippen molar-refractivity contribution >= 4 is 31.9 Å². The molecule has 8 nitrogen and oxygen atoms in total. The van der Waals surface area contributed by atoms with Crippen LogP contribution in [0.3, 0.4) is 0 Å². The van der Waals surface area contributed by atoms with E-state index in [1.54, 1.807) is 17.8 Å². The minimum absolute atomic E-state index is 0.0468. The van der Waals surface area contributed by atoms with E-state index in [2.05, 4.69) is 45.2 Å². The standard InChI is InChI=1S/C26H33N5O3S/c1-26(2,3)31-23-20-14-21(28-24(20)27-15-22(23)29(4)25(31)32)18-8-6-17(7-9-18)16-30-12-10-19(11-13-30)35(5,33)34/h6-9,14-15,19H,10-13,16H2,1-5H3,(H,27,28). The van der Waals surface area contributed by atoms with Crippen molar-refractivity contribution in [2.75, 3.05) is 19.3 Å². The summed E-state index contributed by atoms with van der Waals surface area (Å²) in [5.41, 5.74) is 5.27. The second kappa shape index (κ2) is 8.34. The molecule has 0 atom stereocenters. The van der Waals surface area contributed by atoms with Gasteiger partial charge < -0.3 is 4.98 Å². The Hall–Kier alpha value is -2.91. The monoisotopic (exact) mass is 495 g/mol. The number of fused-ring (bicyclic) bond motifs is 3. The van der Waals surface area contributed by atoms with Gasteiger partial charge in [-0.2, -0.15) is 0 Å². The summed E-state index contributed by atoms with van der Waals surface area (Å²) in [6.45, 7) is 8.53. The molecule has 1 aliphatic heterocycles. The zero-order valence-electron chi connectivity index (χ0n) is 21.0. The van der Waals surface area contributed by atoms with E-state index in [-0.39, 0.29) is 16.5 Å². The molecule has 1 N–H and O–H groups in total. The number of benzene rings is 1. The van der Waals surface area contributed by atoms with E-state index in [1.807, 2.05) is 25.3 Å². The fourth-order valence-corrected chi connectivity index (χ4v) is 6.27. The number of aryl methyl sites for hydroxylation is 1. The van der Waals surface area contributed by atoms with Gasteiger partial charge in [0.1, 0.15) is 15.5 Å². The minimum atomic E-state index is -2.95. The van der Waals surface area contributed by atoms with Crippen LogP contribution in [0.2, 0.25) is 0 Å². The molecule has 0 radical (unpaired) electrons. The van der Waals surface area contributed by atoms with E-state index in [0.29, 0.717) is 12.8 Å². The van der Waals surface area contributed by atoms with E-state index in [1.165, 1.54) is 11.8 Å². The molecule has 4 heterocycles. The molecule has 4 aromatic rings. The third-order valence-electron chi connectivity index (χ3n) is 7.16. The van der Waals surface area contributed by atoms with E-state index in [9.17, 15) is 13.2 Å². The topological polar surface area (TPSA) is 93.0 Å². The van der Waals surface area contributed by atoms with Gasteiger partial charge >= 0.3 is 5.69 Å². The molecule has 9 heteroatoms. The molecule has 0 unspecified atom stereocenters. The van der Waals surface area contributed by atoms with Gasteiger partial charge in [0.05, 0.1) is 22.5 Å². The average molecular weight is 496 g/mol. The summed E-state index contributed by atoms with van der Waals surface area (Å²) >= 11 is 0. The highest BCUT2D eigenvalue weighted by molar-refractivity contribution is 7.91.